The first kappa shape index (κ1) is 26.5. The predicted molar refractivity (Wildman–Crippen MR) is 148 cm³/mol. The van der Waals surface area contributed by atoms with Crippen molar-refractivity contribution in [3.8, 4) is 5.75 Å². The fourth-order valence-corrected chi connectivity index (χ4v) is 6.40. The van der Waals surface area contributed by atoms with Crippen LogP contribution in [0.5, 0.6) is 5.75 Å². The van der Waals surface area contributed by atoms with Gasteiger partial charge in [-0.1, -0.05) is 54.2 Å². The minimum Gasteiger partial charge on any atom is -0.744 e. The van der Waals surface area contributed by atoms with Gasteiger partial charge < -0.3 is 9.29 Å². The molecule has 4 aromatic rings. The van der Waals surface area contributed by atoms with Crippen molar-refractivity contribution in [1.82, 2.24) is 0 Å². The first-order valence-electron chi connectivity index (χ1n) is 10.9. The van der Waals surface area contributed by atoms with Gasteiger partial charge in [-0.25, -0.2) is 8.42 Å². The number of ether oxygens (including phenoxy) is 1. The number of hydrogen-bond donors (Lipinski definition) is 0. The molecule has 0 radical (unpaired) electrons. The normalized spacial score (nSPS) is 13.8. The molecule has 5 rings (SSSR count). The smallest absolute Gasteiger partial charge is 0.286 e. The molecule has 10 heteroatoms. The monoisotopic (exact) mass is 551 g/mol. The van der Waals surface area contributed by atoms with Gasteiger partial charge in [0, 0.05) is 29.2 Å². The van der Waals surface area contributed by atoms with Crippen LogP contribution < -0.4 is 4.74 Å². The number of hydrogen-bond acceptors (Lipinski definition) is 7. The third-order valence-corrected chi connectivity index (χ3v) is 8.28. The van der Waals surface area contributed by atoms with E-state index in [4.69, 9.17) is 4.74 Å². The van der Waals surface area contributed by atoms with Gasteiger partial charge in [-0.15, -0.1) is 0 Å². The molecule has 2 heterocycles. The van der Waals surface area contributed by atoms with E-state index in [1.54, 1.807) is 18.4 Å². The van der Waals surface area contributed by atoms with E-state index >= 15 is 0 Å². The summed E-state index contributed by atoms with van der Waals surface area (Å²) in [5, 5.41) is 11.4. The molecule has 0 fully saturated rings. The fourth-order valence-electron chi connectivity index (χ4n) is 3.75. The molecule has 0 bridgehead atoms. The molecule has 1 aromatic heterocycles. The minimum absolute atomic E-state index is 0.697. The Kier molecular flexibility index (Phi) is 8.03. The molecular weight excluding hydrogens is 530 g/mol. The molecule has 188 valence electrons. The minimum atomic E-state index is -4.77. The second-order valence-electron chi connectivity index (χ2n) is 7.85. The zero-order chi connectivity index (χ0) is 26.6. The molecule has 1 aliphatic rings. The number of rotatable bonds is 4. The number of nitro groups is 1. The summed E-state index contributed by atoms with van der Waals surface area (Å²) < 4.78 is 38.3. The van der Waals surface area contributed by atoms with Crippen LogP contribution in [-0.2, 0) is 10.1 Å². The maximum absolute atomic E-state index is 10.5. The van der Waals surface area contributed by atoms with E-state index in [-0.39, 0.29) is 0 Å². The van der Waals surface area contributed by atoms with Crippen molar-refractivity contribution in [2.24, 2.45) is 0 Å². The highest BCUT2D eigenvalue weighted by atomic mass is 32.2. The molecule has 0 unspecified atom stereocenters. The topological polar surface area (TPSA) is 110 Å². The molecule has 0 spiro atoms. The summed E-state index contributed by atoms with van der Waals surface area (Å²) in [4.78, 5) is 12.4. The quantitative estimate of drug-likeness (QED) is 0.114. The van der Waals surface area contributed by atoms with Crippen molar-refractivity contribution in [1.29, 1.82) is 0 Å². The summed E-state index contributed by atoms with van der Waals surface area (Å²) in [6.45, 7) is 2.17. The number of fused-ring (bicyclic) bond motifs is 2. The largest absolute Gasteiger partial charge is 0.744 e. The Morgan fingerprint density at radius 1 is 1.00 bits per heavy atom. The van der Waals surface area contributed by atoms with Crippen LogP contribution >= 0.6 is 23.1 Å². The van der Waals surface area contributed by atoms with E-state index in [1.165, 1.54) is 48.0 Å². The average Bonchev–Trinajstić information content (AvgIpc) is 2.88. The van der Waals surface area contributed by atoms with Gasteiger partial charge >= 0.3 is 0 Å². The van der Waals surface area contributed by atoms with Gasteiger partial charge in [0.25, 0.3) is 5.69 Å². The Hall–Kier alpha value is -3.57. The number of thioether (sulfide) groups is 1. The summed E-state index contributed by atoms with van der Waals surface area (Å²) >= 11 is 3.63. The van der Waals surface area contributed by atoms with E-state index in [9.17, 15) is 23.1 Å². The number of methoxy groups -OCH3 is 1. The first-order chi connectivity index (χ1) is 17.7. The van der Waals surface area contributed by atoms with Gasteiger partial charge in [-0.2, -0.15) is 0 Å². The van der Waals surface area contributed by atoms with Crippen molar-refractivity contribution in [3.05, 3.63) is 110 Å². The fraction of sp³-hybridized carbons (Fsp3) is 0.0741. The van der Waals surface area contributed by atoms with Gasteiger partial charge in [0.1, 0.15) is 20.8 Å². The van der Waals surface area contributed by atoms with Crippen molar-refractivity contribution < 1.29 is 22.6 Å². The summed E-state index contributed by atoms with van der Waals surface area (Å²) in [5.74, 6) is 0.926. The standard InChI is InChI=1S/C21H17OS2.C6H5NO5S/c1-14-11-15(17-7-3-5-9-20(17)23-14)12-16-13-19(22-2)18-8-4-6-10-21(18)24-16;8-7(9)5-3-1-2-4-6(5)13(10,11)12/h3-13H,1-2H3;1-4H,(H,10,11,12)/q+1;/p-1. The van der Waals surface area contributed by atoms with E-state index in [0.717, 1.165) is 17.9 Å². The van der Waals surface area contributed by atoms with Crippen LogP contribution in [0.3, 0.4) is 0 Å². The van der Waals surface area contributed by atoms with E-state index < -0.39 is 25.6 Å². The number of para-hydroxylation sites is 1. The summed E-state index contributed by atoms with van der Waals surface area (Å²) in [7, 11) is -3.03. The van der Waals surface area contributed by atoms with Crippen molar-refractivity contribution in [3.63, 3.8) is 0 Å². The lowest BCUT2D eigenvalue weighted by atomic mass is 10.0. The lowest BCUT2D eigenvalue weighted by Gasteiger charge is -2.15. The van der Waals surface area contributed by atoms with Crippen LogP contribution in [-0.4, -0.2) is 25.0 Å². The van der Waals surface area contributed by atoms with Gasteiger partial charge in [-0.05, 0) is 47.2 Å². The van der Waals surface area contributed by atoms with Crippen molar-refractivity contribution in [2.75, 3.05) is 7.11 Å². The van der Waals surface area contributed by atoms with Crippen LogP contribution in [0, 0.1) is 10.1 Å². The van der Waals surface area contributed by atoms with Crippen LogP contribution in [0.2, 0.25) is 0 Å². The molecule has 1 aliphatic heterocycles. The number of nitrogens with zero attached hydrogens (tertiary/aromatic N) is 1. The molecular formula is C27H21NO6S3. The van der Waals surface area contributed by atoms with E-state index in [2.05, 4.69) is 73.7 Å². The zero-order valence-electron chi connectivity index (χ0n) is 19.8. The molecule has 0 saturated heterocycles. The second-order valence-corrected chi connectivity index (χ2v) is 11.6. The van der Waals surface area contributed by atoms with Gasteiger partial charge in [-0.3, -0.25) is 10.1 Å². The molecule has 0 aliphatic carbocycles. The molecule has 7 nitrogen and oxygen atoms in total. The first-order valence-corrected chi connectivity index (χ1v) is 14.0. The second kappa shape index (κ2) is 11.2. The maximum Gasteiger partial charge on any atom is 0.286 e. The Morgan fingerprint density at radius 3 is 2.38 bits per heavy atom. The maximum atomic E-state index is 10.5. The Labute approximate surface area is 222 Å². The highest BCUT2D eigenvalue weighted by molar-refractivity contribution is 8.03. The molecule has 3 aromatic carbocycles. The Balaban J connectivity index is 0.000000209. The molecule has 0 saturated carbocycles. The van der Waals surface area contributed by atoms with Gasteiger partial charge in [0.2, 0.25) is 20.9 Å². The number of nitro benzene ring substituents is 1. The lowest BCUT2D eigenvalue weighted by Crippen LogP contribution is -2.02. The van der Waals surface area contributed by atoms with Crippen LogP contribution in [0.25, 0.3) is 21.7 Å². The number of benzene rings is 3. The summed E-state index contributed by atoms with van der Waals surface area (Å²) in [5.41, 5.74) is 1.86. The SMILES string of the molecule is COc1cc(/C=C2\C=C(C)Sc3ccccc32)[s+]c2ccccc12.O=[N+]([O-])c1ccccc1S(=O)(=O)[O-]. The summed E-state index contributed by atoms with van der Waals surface area (Å²) in [6.07, 6.45) is 4.53. The predicted octanol–water partition coefficient (Wildman–Crippen LogP) is 7.24. The van der Waals surface area contributed by atoms with Crippen LogP contribution in [0.1, 0.15) is 17.4 Å². The number of allylic oxidation sites excluding steroid dienone is 3. The van der Waals surface area contributed by atoms with Crippen molar-refractivity contribution in [2.45, 2.75) is 16.7 Å². The Bertz CT molecular complexity index is 1660. The lowest BCUT2D eigenvalue weighted by molar-refractivity contribution is -0.387. The van der Waals surface area contributed by atoms with Gasteiger partial charge in [0.15, 0.2) is 0 Å². The Morgan fingerprint density at radius 2 is 1.68 bits per heavy atom. The van der Waals surface area contributed by atoms with Crippen LogP contribution in [0.15, 0.2) is 99.6 Å². The molecule has 0 amide bonds. The van der Waals surface area contributed by atoms with Crippen molar-refractivity contribution >= 4 is 60.6 Å². The summed E-state index contributed by atoms with van der Waals surface area (Å²) in [6, 6.07) is 23.5. The van der Waals surface area contributed by atoms with Gasteiger partial charge in [0.05, 0.1) is 17.4 Å². The van der Waals surface area contributed by atoms with E-state index in [1.807, 2.05) is 11.8 Å². The zero-order valence-corrected chi connectivity index (χ0v) is 22.2. The average molecular weight is 552 g/mol. The van der Waals surface area contributed by atoms with Crippen LogP contribution in [0.4, 0.5) is 5.69 Å². The third-order valence-electron chi connectivity index (χ3n) is 5.33. The third kappa shape index (κ3) is 6.23. The molecule has 0 N–H and O–H groups in total. The molecule has 37 heavy (non-hydrogen) atoms. The van der Waals surface area contributed by atoms with E-state index in [0.29, 0.717) is 0 Å². The highest BCUT2D eigenvalue weighted by Crippen LogP contribution is 2.41. The molecule has 0 atom stereocenters. The highest BCUT2D eigenvalue weighted by Gasteiger charge is 2.19.